The van der Waals surface area contributed by atoms with E-state index in [1.807, 2.05) is 6.92 Å². The average molecular weight is 328 g/mol. The third-order valence-corrected chi connectivity index (χ3v) is 6.29. The molecule has 20 heavy (non-hydrogen) atoms. The lowest BCUT2D eigenvalue weighted by Gasteiger charge is -2.01. The number of hydrogen-bond acceptors (Lipinski definition) is 6. The standard InChI is InChI=1S/C12H12N2O3S3/c1-2-9-5-6-11(18-9)20(16,17)14-12-13-8-10(19-12)4-3-7-15/h5-6,8,15H,2,7H2,1H3,(H,13,14). The van der Waals surface area contributed by atoms with E-state index in [2.05, 4.69) is 21.5 Å². The van der Waals surface area contributed by atoms with Crippen LogP contribution in [0.4, 0.5) is 5.13 Å². The normalized spacial score (nSPS) is 10.9. The number of aliphatic hydroxyl groups is 1. The molecule has 2 rings (SSSR count). The molecular weight excluding hydrogens is 316 g/mol. The topological polar surface area (TPSA) is 79.3 Å². The Bertz CT molecular complexity index is 750. The number of nitrogens with one attached hydrogen (secondary N) is 1. The van der Waals surface area contributed by atoms with Gasteiger partial charge in [-0.25, -0.2) is 13.4 Å². The summed E-state index contributed by atoms with van der Waals surface area (Å²) in [5.41, 5.74) is 0. The van der Waals surface area contributed by atoms with Crippen LogP contribution in [0.2, 0.25) is 0 Å². The van der Waals surface area contributed by atoms with Crippen LogP contribution < -0.4 is 4.72 Å². The molecular formula is C12H12N2O3S3. The Morgan fingerprint density at radius 1 is 1.40 bits per heavy atom. The van der Waals surface area contributed by atoms with Crippen molar-refractivity contribution in [3.8, 4) is 11.8 Å². The van der Waals surface area contributed by atoms with Crippen LogP contribution in [0.1, 0.15) is 16.7 Å². The van der Waals surface area contributed by atoms with E-state index in [9.17, 15) is 8.42 Å². The lowest BCUT2D eigenvalue weighted by Crippen LogP contribution is -2.10. The summed E-state index contributed by atoms with van der Waals surface area (Å²) in [5.74, 6) is 5.16. The van der Waals surface area contributed by atoms with Crippen molar-refractivity contribution in [3.63, 3.8) is 0 Å². The van der Waals surface area contributed by atoms with Crippen molar-refractivity contribution in [1.82, 2.24) is 4.98 Å². The van der Waals surface area contributed by atoms with Crippen molar-refractivity contribution in [1.29, 1.82) is 0 Å². The summed E-state index contributed by atoms with van der Waals surface area (Å²) in [7, 11) is -3.59. The quantitative estimate of drug-likeness (QED) is 0.840. The predicted octanol–water partition coefficient (Wildman–Crippen LogP) is 1.91. The van der Waals surface area contributed by atoms with Gasteiger partial charge in [-0.3, -0.25) is 4.72 Å². The first kappa shape index (κ1) is 15.0. The minimum Gasteiger partial charge on any atom is -0.384 e. The second kappa shape index (κ2) is 6.37. The second-order valence-corrected chi connectivity index (χ2v) is 7.78. The lowest BCUT2D eigenvalue weighted by molar-refractivity contribution is 0.350. The van der Waals surface area contributed by atoms with E-state index in [0.717, 1.165) is 22.6 Å². The Labute approximate surface area is 125 Å². The minimum atomic E-state index is -3.59. The van der Waals surface area contributed by atoms with Gasteiger partial charge in [0.15, 0.2) is 5.13 Å². The molecule has 0 fully saturated rings. The van der Waals surface area contributed by atoms with Gasteiger partial charge in [-0.15, -0.1) is 11.3 Å². The van der Waals surface area contributed by atoms with E-state index in [1.165, 1.54) is 17.5 Å². The zero-order valence-electron chi connectivity index (χ0n) is 10.6. The van der Waals surface area contributed by atoms with Crippen molar-refractivity contribution in [2.45, 2.75) is 17.6 Å². The second-order valence-electron chi connectivity index (χ2n) is 3.67. The zero-order chi connectivity index (χ0) is 14.6. The van der Waals surface area contributed by atoms with Crippen LogP contribution in [0, 0.1) is 11.8 Å². The average Bonchev–Trinajstić information content (AvgIpc) is 3.04. The van der Waals surface area contributed by atoms with Crippen LogP contribution in [0.25, 0.3) is 0 Å². The first-order valence-corrected chi connectivity index (χ1v) is 8.84. The van der Waals surface area contributed by atoms with Crippen LogP contribution >= 0.6 is 22.7 Å². The molecule has 8 heteroatoms. The summed E-state index contributed by atoms with van der Waals surface area (Å²) in [6, 6.07) is 3.39. The van der Waals surface area contributed by atoms with Gasteiger partial charge in [0, 0.05) is 4.88 Å². The Kier molecular flexibility index (Phi) is 4.77. The van der Waals surface area contributed by atoms with Crippen molar-refractivity contribution in [2.24, 2.45) is 0 Å². The van der Waals surface area contributed by atoms with Crippen LogP contribution in [0.15, 0.2) is 22.5 Å². The van der Waals surface area contributed by atoms with Crippen molar-refractivity contribution >= 4 is 37.8 Å². The Balaban J connectivity index is 2.17. The summed E-state index contributed by atoms with van der Waals surface area (Å²) in [4.78, 5) is 5.56. The molecule has 0 amide bonds. The number of rotatable bonds is 4. The SMILES string of the molecule is CCc1ccc(S(=O)(=O)Nc2ncc(C#CCO)s2)s1. The largest absolute Gasteiger partial charge is 0.384 e. The molecule has 0 aliphatic rings. The fraction of sp³-hybridized carbons (Fsp3) is 0.250. The molecule has 2 N–H and O–H groups in total. The summed E-state index contributed by atoms with van der Waals surface area (Å²) in [5, 5.41) is 8.86. The van der Waals surface area contributed by atoms with Gasteiger partial charge in [0.2, 0.25) is 0 Å². The fourth-order valence-corrected chi connectivity index (χ4v) is 4.59. The number of sulfonamides is 1. The molecule has 0 saturated carbocycles. The van der Waals surface area contributed by atoms with E-state index in [4.69, 9.17) is 5.11 Å². The van der Waals surface area contributed by atoms with Gasteiger partial charge in [0.25, 0.3) is 10.0 Å². The lowest BCUT2D eigenvalue weighted by atomic mass is 10.4. The predicted molar refractivity (Wildman–Crippen MR) is 80.6 cm³/mol. The first-order valence-electron chi connectivity index (χ1n) is 5.72. The first-order chi connectivity index (χ1) is 9.55. The molecule has 0 aliphatic carbocycles. The highest BCUT2D eigenvalue weighted by Gasteiger charge is 2.18. The van der Waals surface area contributed by atoms with Crippen LogP contribution in [0.5, 0.6) is 0 Å². The number of hydrogen-bond donors (Lipinski definition) is 2. The maximum absolute atomic E-state index is 12.1. The summed E-state index contributed by atoms with van der Waals surface area (Å²) >= 11 is 2.37. The third kappa shape index (κ3) is 3.58. The molecule has 0 spiro atoms. The van der Waals surface area contributed by atoms with Gasteiger partial charge in [-0.05, 0) is 18.6 Å². The van der Waals surface area contributed by atoms with Gasteiger partial charge in [0.05, 0.1) is 11.1 Å². The monoisotopic (exact) mass is 328 g/mol. The zero-order valence-corrected chi connectivity index (χ0v) is 13.0. The van der Waals surface area contributed by atoms with Gasteiger partial charge in [-0.1, -0.05) is 30.1 Å². The number of aryl methyl sites for hydroxylation is 1. The number of aliphatic hydroxyl groups excluding tert-OH is 1. The van der Waals surface area contributed by atoms with E-state index in [1.54, 1.807) is 12.1 Å². The third-order valence-electron chi connectivity index (χ3n) is 2.27. The van der Waals surface area contributed by atoms with Crippen molar-refractivity contribution < 1.29 is 13.5 Å². The van der Waals surface area contributed by atoms with E-state index < -0.39 is 10.0 Å². The molecule has 2 heterocycles. The molecule has 5 nitrogen and oxygen atoms in total. The van der Waals surface area contributed by atoms with Crippen LogP contribution in [0.3, 0.4) is 0 Å². The Hall–Kier alpha value is -1.40. The van der Waals surface area contributed by atoms with Crippen LogP contribution in [-0.4, -0.2) is 25.1 Å². The maximum atomic E-state index is 12.1. The number of nitrogens with zero attached hydrogens (tertiary/aromatic N) is 1. The summed E-state index contributed by atoms with van der Waals surface area (Å²) in [6.45, 7) is 1.73. The molecule has 2 aromatic rings. The molecule has 0 bridgehead atoms. The highest BCUT2D eigenvalue weighted by atomic mass is 32.2. The number of aromatic nitrogens is 1. The van der Waals surface area contributed by atoms with Gasteiger partial charge < -0.3 is 5.11 Å². The smallest absolute Gasteiger partial charge is 0.273 e. The number of thiazole rings is 1. The van der Waals surface area contributed by atoms with Crippen LogP contribution in [-0.2, 0) is 16.4 Å². The van der Waals surface area contributed by atoms with Gasteiger partial charge in [0.1, 0.15) is 10.8 Å². The molecule has 2 aromatic heterocycles. The summed E-state index contributed by atoms with van der Waals surface area (Å²) in [6.07, 6.45) is 2.27. The Morgan fingerprint density at radius 2 is 2.20 bits per heavy atom. The van der Waals surface area contributed by atoms with E-state index in [-0.39, 0.29) is 15.9 Å². The molecule has 0 aromatic carbocycles. The Morgan fingerprint density at radius 3 is 2.85 bits per heavy atom. The number of thiophene rings is 1. The molecule has 0 radical (unpaired) electrons. The molecule has 0 atom stereocenters. The van der Waals surface area contributed by atoms with Crippen molar-refractivity contribution in [3.05, 3.63) is 28.1 Å². The van der Waals surface area contributed by atoms with E-state index >= 15 is 0 Å². The van der Waals surface area contributed by atoms with E-state index in [0.29, 0.717) is 4.88 Å². The number of anilines is 1. The fourth-order valence-electron chi connectivity index (χ4n) is 1.36. The highest BCUT2D eigenvalue weighted by molar-refractivity contribution is 7.94. The minimum absolute atomic E-state index is 0.242. The molecule has 106 valence electrons. The summed E-state index contributed by atoms with van der Waals surface area (Å²) < 4.78 is 27.0. The maximum Gasteiger partial charge on any atom is 0.273 e. The highest BCUT2D eigenvalue weighted by Crippen LogP contribution is 2.26. The molecule has 0 aliphatic heterocycles. The van der Waals surface area contributed by atoms with Gasteiger partial charge >= 0.3 is 0 Å². The molecule has 0 unspecified atom stereocenters. The molecule has 0 saturated heterocycles. The van der Waals surface area contributed by atoms with Gasteiger partial charge in [-0.2, -0.15) is 0 Å². The van der Waals surface area contributed by atoms with Crippen molar-refractivity contribution in [2.75, 3.05) is 11.3 Å².